The van der Waals surface area contributed by atoms with Gasteiger partial charge in [0.05, 0.1) is 6.54 Å². The number of rotatable bonds is 7. The van der Waals surface area contributed by atoms with Crippen LogP contribution in [-0.2, 0) is 11.2 Å². The summed E-state index contributed by atoms with van der Waals surface area (Å²) in [5.41, 5.74) is 5.62. The zero-order valence-corrected chi connectivity index (χ0v) is 12.8. The van der Waals surface area contributed by atoms with Crippen LogP contribution in [0.3, 0.4) is 0 Å². The van der Waals surface area contributed by atoms with Gasteiger partial charge in [-0.25, -0.2) is 0 Å². The Labute approximate surface area is 125 Å². The molecule has 1 unspecified atom stereocenters. The molecule has 2 heterocycles. The van der Waals surface area contributed by atoms with Crippen LogP contribution in [0.2, 0.25) is 0 Å². The van der Waals surface area contributed by atoms with E-state index in [-0.39, 0.29) is 5.91 Å². The first-order valence-electron chi connectivity index (χ1n) is 7.49. The molecule has 0 radical (unpaired) electrons. The average Bonchev–Trinajstić information content (AvgIpc) is 2.93. The number of hydrogen-bond donors (Lipinski definition) is 2. The van der Waals surface area contributed by atoms with Crippen LogP contribution in [0.15, 0.2) is 17.5 Å². The van der Waals surface area contributed by atoms with E-state index < -0.39 is 0 Å². The predicted molar refractivity (Wildman–Crippen MR) is 83.9 cm³/mol. The summed E-state index contributed by atoms with van der Waals surface area (Å²) in [6.07, 6.45) is 4.45. The quantitative estimate of drug-likeness (QED) is 0.801. The lowest BCUT2D eigenvalue weighted by molar-refractivity contribution is -0.122. The molecule has 20 heavy (non-hydrogen) atoms. The Morgan fingerprint density at radius 3 is 3.20 bits per heavy atom. The molecule has 1 fully saturated rings. The van der Waals surface area contributed by atoms with Crippen LogP contribution in [0.5, 0.6) is 0 Å². The highest BCUT2D eigenvalue weighted by molar-refractivity contribution is 7.09. The third kappa shape index (κ3) is 5.23. The van der Waals surface area contributed by atoms with E-state index in [1.54, 1.807) is 11.3 Å². The van der Waals surface area contributed by atoms with Crippen molar-refractivity contribution in [3.63, 3.8) is 0 Å². The largest absolute Gasteiger partial charge is 0.355 e. The second-order valence-electron chi connectivity index (χ2n) is 5.50. The molecule has 112 valence electrons. The third-order valence-corrected chi connectivity index (χ3v) is 4.76. The number of nitrogens with one attached hydrogen (secondary N) is 1. The van der Waals surface area contributed by atoms with Gasteiger partial charge in [-0.3, -0.25) is 9.69 Å². The second-order valence-corrected chi connectivity index (χ2v) is 6.53. The van der Waals surface area contributed by atoms with Gasteiger partial charge in [0.25, 0.3) is 0 Å². The molecule has 1 aromatic heterocycles. The van der Waals surface area contributed by atoms with Crippen molar-refractivity contribution < 1.29 is 4.79 Å². The molecule has 4 nitrogen and oxygen atoms in total. The van der Waals surface area contributed by atoms with Crippen molar-refractivity contribution in [2.45, 2.75) is 25.7 Å². The number of amides is 1. The SMILES string of the molecule is NCCC1CCCN(CC(=O)NCCc2cccs2)C1. The number of likely N-dealkylation sites (tertiary alicyclic amines) is 1. The smallest absolute Gasteiger partial charge is 0.234 e. The molecule has 1 aliphatic heterocycles. The summed E-state index contributed by atoms with van der Waals surface area (Å²) in [5, 5.41) is 5.09. The normalized spacial score (nSPS) is 19.9. The first-order valence-corrected chi connectivity index (χ1v) is 8.37. The summed E-state index contributed by atoms with van der Waals surface area (Å²) in [5.74, 6) is 0.822. The average molecular weight is 295 g/mol. The lowest BCUT2D eigenvalue weighted by Gasteiger charge is -2.32. The highest BCUT2D eigenvalue weighted by Crippen LogP contribution is 2.18. The van der Waals surface area contributed by atoms with E-state index in [2.05, 4.69) is 21.7 Å². The summed E-state index contributed by atoms with van der Waals surface area (Å²) in [7, 11) is 0. The van der Waals surface area contributed by atoms with Crippen molar-refractivity contribution in [1.29, 1.82) is 0 Å². The molecule has 1 atom stereocenters. The summed E-state index contributed by atoms with van der Waals surface area (Å²) >= 11 is 1.74. The summed E-state index contributed by atoms with van der Waals surface area (Å²) in [4.78, 5) is 15.5. The lowest BCUT2D eigenvalue weighted by atomic mass is 9.95. The Morgan fingerprint density at radius 2 is 2.45 bits per heavy atom. The van der Waals surface area contributed by atoms with E-state index in [4.69, 9.17) is 5.73 Å². The van der Waals surface area contributed by atoms with Crippen LogP contribution in [0.1, 0.15) is 24.1 Å². The molecule has 1 saturated heterocycles. The van der Waals surface area contributed by atoms with Crippen molar-refractivity contribution in [3.8, 4) is 0 Å². The maximum Gasteiger partial charge on any atom is 0.234 e. The van der Waals surface area contributed by atoms with Gasteiger partial charge < -0.3 is 11.1 Å². The number of carbonyl (C=O) groups excluding carboxylic acids is 1. The fourth-order valence-corrected chi connectivity index (χ4v) is 3.51. The van der Waals surface area contributed by atoms with Gasteiger partial charge in [-0.1, -0.05) is 6.07 Å². The highest BCUT2D eigenvalue weighted by atomic mass is 32.1. The van der Waals surface area contributed by atoms with Gasteiger partial charge in [0.1, 0.15) is 0 Å². The standard InChI is InChI=1S/C15H25N3OS/c16-7-5-13-3-1-9-18(11-13)12-15(19)17-8-6-14-4-2-10-20-14/h2,4,10,13H,1,3,5-9,11-12,16H2,(H,17,19). The fraction of sp³-hybridized carbons (Fsp3) is 0.667. The zero-order chi connectivity index (χ0) is 14.2. The van der Waals surface area contributed by atoms with Crippen molar-refractivity contribution in [2.75, 3.05) is 32.7 Å². The first kappa shape index (κ1) is 15.5. The Hall–Kier alpha value is -0.910. The fourth-order valence-electron chi connectivity index (χ4n) is 2.81. The van der Waals surface area contributed by atoms with E-state index in [1.807, 2.05) is 6.07 Å². The topological polar surface area (TPSA) is 58.4 Å². The molecular formula is C15H25N3OS. The van der Waals surface area contributed by atoms with Crippen LogP contribution in [0, 0.1) is 5.92 Å². The van der Waals surface area contributed by atoms with Crippen LogP contribution in [0.4, 0.5) is 0 Å². The van der Waals surface area contributed by atoms with Crippen molar-refractivity contribution in [1.82, 2.24) is 10.2 Å². The third-order valence-electron chi connectivity index (χ3n) is 3.82. The Balaban J connectivity index is 1.63. The first-order chi connectivity index (χ1) is 9.78. The molecule has 2 rings (SSSR count). The number of nitrogens with two attached hydrogens (primary N) is 1. The summed E-state index contributed by atoms with van der Waals surface area (Å²) in [6.45, 7) is 4.09. The van der Waals surface area contributed by atoms with E-state index in [0.717, 1.165) is 39.0 Å². The monoisotopic (exact) mass is 295 g/mol. The van der Waals surface area contributed by atoms with Gasteiger partial charge in [0, 0.05) is 18.0 Å². The minimum absolute atomic E-state index is 0.148. The minimum atomic E-state index is 0.148. The summed E-state index contributed by atoms with van der Waals surface area (Å²) in [6, 6.07) is 4.16. The summed E-state index contributed by atoms with van der Waals surface area (Å²) < 4.78 is 0. The van der Waals surface area contributed by atoms with Gasteiger partial charge >= 0.3 is 0 Å². The van der Waals surface area contributed by atoms with Gasteiger partial charge in [0.15, 0.2) is 0 Å². The van der Waals surface area contributed by atoms with Crippen molar-refractivity contribution in [2.24, 2.45) is 11.7 Å². The van der Waals surface area contributed by atoms with E-state index in [9.17, 15) is 4.79 Å². The number of carbonyl (C=O) groups is 1. The van der Waals surface area contributed by atoms with Crippen LogP contribution >= 0.6 is 11.3 Å². The van der Waals surface area contributed by atoms with Crippen molar-refractivity contribution in [3.05, 3.63) is 22.4 Å². The van der Waals surface area contributed by atoms with E-state index >= 15 is 0 Å². The number of nitrogens with zero attached hydrogens (tertiary/aromatic N) is 1. The maximum absolute atomic E-state index is 11.9. The molecule has 1 aromatic rings. The number of piperidine rings is 1. The molecular weight excluding hydrogens is 270 g/mol. The van der Waals surface area contributed by atoms with Crippen LogP contribution < -0.4 is 11.1 Å². The zero-order valence-electron chi connectivity index (χ0n) is 12.0. The number of thiophene rings is 1. The number of hydrogen-bond acceptors (Lipinski definition) is 4. The highest BCUT2D eigenvalue weighted by Gasteiger charge is 2.20. The van der Waals surface area contributed by atoms with Gasteiger partial charge in [0.2, 0.25) is 5.91 Å². The molecule has 0 bridgehead atoms. The molecule has 0 saturated carbocycles. The molecule has 0 aliphatic carbocycles. The predicted octanol–water partition coefficient (Wildman–Crippen LogP) is 1.47. The maximum atomic E-state index is 11.9. The second kappa shape index (κ2) is 8.39. The van der Waals surface area contributed by atoms with Gasteiger partial charge in [-0.15, -0.1) is 11.3 Å². The van der Waals surface area contributed by atoms with Crippen molar-refractivity contribution >= 4 is 17.2 Å². The Bertz CT molecular complexity index is 392. The Kier molecular flexibility index (Phi) is 6.50. The minimum Gasteiger partial charge on any atom is -0.355 e. The van der Waals surface area contributed by atoms with Gasteiger partial charge in [-0.05, 0) is 56.1 Å². The molecule has 0 aromatic carbocycles. The van der Waals surface area contributed by atoms with E-state index in [1.165, 1.54) is 17.7 Å². The lowest BCUT2D eigenvalue weighted by Crippen LogP contribution is -2.43. The van der Waals surface area contributed by atoms with Gasteiger partial charge in [-0.2, -0.15) is 0 Å². The molecule has 0 spiro atoms. The molecule has 1 amide bonds. The Morgan fingerprint density at radius 1 is 1.55 bits per heavy atom. The molecule has 5 heteroatoms. The molecule has 1 aliphatic rings. The van der Waals surface area contributed by atoms with Crippen LogP contribution in [-0.4, -0.2) is 43.5 Å². The molecule has 3 N–H and O–H groups in total. The van der Waals surface area contributed by atoms with Crippen LogP contribution in [0.25, 0.3) is 0 Å². The van der Waals surface area contributed by atoms with E-state index in [0.29, 0.717) is 12.5 Å².